The van der Waals surface area contributed by atoms with Crippen molar-refractivity contribution in [3.63, 3.8) is 0 Å². The summed E-state index contributed by atoms with van der Waals surface area (Å²) in [5.74, 6) is 0. The van der Waals surface area contributed by atoms with Gasteiger partial charge in [-0.2, -0.15) is 0 Å². The van der Waals surface area contributed by atoms with E-state index in [4.69, 9.17) is 0 Å². The molecule has 0 spiro atoms. The molecule has 0 bridgehead atoms. The van der Waals surface area contributed by atoms with Gasteiger partial charge in [-0.15, -0.1) is 0 Å². The van der Waals surface area contributed by atoms with Gasteiger partial charge >= 0.3 is 0 Å². The number of hydrogen-bond donors (Lipinski definition) is 2. The van der Waals surface area contributed by atoms with Gasteiger partial charge in [0.1, 0.15) is 0 Å². The third-order valence-corrected chi connectivity index (χ3v) is 5.14. The van der Waals surface area contributed by atoms with Gasteiger partial charge < -0.3 is 10.2 Å². The van der Waals surface area contributed by atoms with E-state index in [1.807, 2.05) is 24.3 Å². The lowest BCUT2D eigenvalue weighted by Gasteiger charge is -2.35. The van der Waals surface area contributed by atoms with Crippen molar-refractivity contribution in [1.29, 1.82) is 0 Å². The SMILES string of the molecule is C[Si](C)(C)CC(CO)(CO)c1cccc(Br)c1. The molecule has 0 saturated heterocycles. The molecule has 0 unspecified atom stereocenters. The van der Waals surface area contributed by atoms with E-state index in [0.29, 0.717) is 0 Å². The number of aliphatic hydroxyl groups excluding tert-OH is 2. The van der Waals surface area contributed by atoms with Crippen molar-refractivity contribution in [2.24, 2.45) is 0 Å². The quantitative estimate of drug-likeness (QED) is 0.820. The maximum absolute atomic E-state index is 9.73. The topological polar surface area (TPSA) is 40.5 Å². The van der Waals surface area contributed by atoms with E-state index in [9.17, 15) is 10.2 Å². The second-order valence-corrected chi connectivity index (χ2v) is 12.2. The smallest absolute Gasteiger partial charge is 0.0547 e. The molecule has 96 valence electrons. The number of rotatable bonds is 5. The lowest BCUT2D eigenvalue weighted by molar-refractivity contribution is 0.128. The first-order valence-corrected chi connectivity index (χ1v) is 10.3. The van der Waals surface area contributed by atoms with E-state index >= 15 is 0 Å². The van der Waals surface area contributed by atoms with Crippen LogP contribution in [0.5, 0.6) is 0 Å². The highest BCUT2D eigenvalue weighted by atomic mass is 79.9. The van der Waals surface area contributed by atoms with Crippen molar-refractivity contribution >= 4 is 24.0 Å². The maximum Gasteiger partial charge on any atom is 0.0547 e. The summed E-state index contributed by atoms with van der Waals surface area (Å²) < 4.78 is 0.983. The molecular weight excluding hydrogens is 296 g/mol. The number of halogens is 1. The molecule has 0 heterocycles. The van der Waals surface area contributed by atoms with Gasteiger partial charge in [0.2, 0.25) is 0 Å². The molecule has 1 aromatic carbocycles. The molecule has 1 rings (SSSR count). The minimum Gasteiger partial charge on any atom is -0.395 e. The molecule has 0 aliphatic heterocycles. The number of benzene rings is 1. The van der Waals surface area contributed by atoms with Gasteiger partial charge in [-0.25, -0.2) is 0 Å². The van der Waals surface area contributed by atoms with Crippen molar-refractivity contribution in [3.05, 3.63) is 34.3 Å². The van der Waals surface area contributed by atoms with E-state index in [1.54, 1.807) is 0 Å². The molecule has 0 amide bonds. The van der Waals surface area contributed by atoms with Crippen LogP contribution in [0.3, 0.4) is 0 Å². The van der Waals surface area contributed by atoms with Gasteiger partial charge in [-0.3, -0.25) is 0 Å². The van der Waals surface area contributed by atoms with Crippen LogP contribution in [-0.2, 0) is 5.41 Å². The summed E-state index contributed by atoms with van der Waals surface area (Å²) >= 11 is 3.44. The van der Waals surface area contributed by atoms with Crippen LogP contribution in [0.4, 0.5) is 0 Å². The molecule has 0 saturated carbocycles. The van der Waals surface area contributed by atoms with Gasteiger partial charge in [0.15, 0.2) is 0 Å². The lowest BCUT2D eigenvalue weighted by atomic mass is 9.84. The highest BCUT2D eigenvalue weighted by molar-refractivity contribution is 9.10. The molecule has 0 aliphatic carbocycles. The van der Waals surface area contributed by atoms with Gasteiger partial charge in [-0.1, -0.05) is 47.7 Å². The Hall–Kier alpha value is -0.163. The molecule has 2 nitrogen and oxygen atoms in total. The van der Waals surface area contributed by atoms with Gasteiger partial charge in [0.05, 0.1) is 13.2 Å². The van der Waals surface area contributed by atoms with Crippen molar-refractivity contribution in [2.45, 2.75) is 31.1 Å². The van der Waals surface area contributed by atoms with Crippen LogP contribution < -0.4 is 0 Å². The van der Waals surface area contributed by atoms with E-state index in [-0.39, 0.29) is 13.2 Å². The minimum atomic E-state index is -1.37. The summed E-state index contributed by atoms with van der Waals surface area (Å²) in [5, 5.41) is 19.5. The van der Waals surface area contributed by atoms with E-state index in [0.717, 1.165) is 16.1 Å². The Morgan fingerprint density at radius 1 is 1.18 bits per heavy atom. The summed E-state index contributed by atoms with van der Waals surface area (Å²) in [6.07, 6.45) is 0. The molecule has 0 radical (unpaired) electrons. The number of hydrogen-bond acceptors (Lipinski definition) is 2. The first-order chi connectivity index (χ1) is 7.83. The summed E-state index contributed by atoms with van der Waals surface area (Å²) in [6.45, 7) is 6.75. The fourth-order valence-electron chi connectivity index (χ4n) is 2.28. The third-order valence-electron chi connectivity index (χ3n) is 2.91. The highest BCUT2D eigenvalue weighted by Crippen LogP contribution is 2.34. The van der Waals surface area contributed by atoms with Crippen molar-refractivity contribution in [3.8, 4) is 0 Å². The van der Waals surface area contributed by atoms with Gasteiger partial charge in [-0.05, 0) is 23.7 Å². The Morgan fingerprint density at radius 2 is 1.76 bits per heavy atom. The molecule has 0 aromatic heterocycles. The first-order valence-electron chi connectivity index (χ1n) is 5.81. The summed E-state index contributed by atoms with van der Waals surface area (Å²) in [4.78, 5) is 0. The second-order valence-electron chi connectivity index (χ2n) is 5.84. The maximum atomic E-state index is 9.73. The van der Waals surface area contributed by atoms with Crippen molar-refractivity contribution in [2.75, 3.05) is 13.2 Å². The van der Waals surface area contributed by atoms with Gasteiger partial charge in [0.25, 0.3) is 0 Å². The van der Waals surface area contributed by atoms with Crippen LogP contribution in [0.15, 0.2) is 28.7 Å². The summed E-state index contributed by atoms with van der Waals surface area (Å²) in [7, 11) is -1.37. The highest BCUT2D eigenvalue weighted by Gasteiger charge is 2.36. The monoisotopic (exact) mass is 316 g/mol. The zero-order valence-electron chi connectivity index (χ0n) is 10.7. The van der Waals surface area contributed by atoms with Crippen LogP contribution in [0.2, 0.25) is 25.7 Å². The van der Waals surface area contributed by atoms with Crippen LogP contribution in [-0.4, -0.2) is 31.5 Å². The number of aliphatic hydroxyl groups is 2. The van der Waals surface area contributed by atoms with Crippen molar-refractivity contribution < 1.29 is 10.2 Å². The molecular formula is C13H21BrO2Si. The van der Waals surface area contributed by atoms with Gasteiger partial charge in [0, 0.05) is 18.0 Å². The fraction of sp³-hybridized carbons (Fsp3) is 0.538. The molecule has 0 atom stereocenters. The Bertz CT molecular complexity index is 370. The molecule has 17 heavy (non-hydrogen) atoms. The first kappa shape index (κ1) is 14.9. The molecule has 4 heteroatoms. The van der Waals surface area contributed by atoms with Crippen LogP contribution >= 0.6 is 15.9 Å². The minimum absolute atomic E-state index is 0.00970. The van der Waals surface area contributed by atoms with Crippen LogP contribution in [0.1, 0.15) is 5.56 Å². The van der Waals surface area contributed by atoms with Crippen LogP contribution in [0, 0.1) is 0 Å². The molecule has 2 N–H and O–H groups in total. The van der Waals surface area contributed by atoms with Crippen molar-refractivity contribution in [1.82, 2.24) is 0 Å². The average molecular weight is 317 g/mol. The zero-order chi connectivity index (χ0) is 13.1. The molecule has 0 fully saturated rings. The Kier molecular flexibility index (Phi) is 4.95. The standard InChI is InChI=1S/C13H21BrO2Si/c1-17(2,3)10-13(8-15,9-16)11-5-4-6-12(14)7-11/h4-7,15-16H,8-10H2,1-3H3. The van der Waals surface area contributed by atoms with E-state index in [1.165, 1.54) is 0 Å². The Balaban J connectivity index is 3.15. The van der Waals surface area contributed by atoms with Crippen LogP contribution in [0.25, 0.3) is 0 Å². The third kappa shape index (κ3) is 3.91. The predicted octanol–water partition coefficient (Wildman–Crippen LogP) is 3.01. The molecule has 1 aromatic rings. The Morgan fingerprint density at radius 3 is 2.18 bits per heavy atom. The van der Waals surface area contributed by atoms with E-state index < -0.39 is 13.5 Å². The normalized spacial score (nSPS) is 12.8. The second kappa shape index (κ2) is 5.65. The lowest BCUT2D eigenvalue weighted by Crippen LogP contribution is -2.41. The molecule has 0 aliphatic rings. The van der Waals surface area contributed by atoms with E-state index in [2.05, 4.69) is 35.6 Å². The average Bonchev–Trinajstić information content (AvgIpc) is 2.25. The Labute approximate surface area is 113 Å². The predicted molar refractivity (Wildman–Crippen MR) is 78.1 cm³/mol. The zero-order valence-corrected chi connectivity index (χ0v) is 13.3. The largest absolute Gasteiger partial charge is 0.395 e. The fourth-order valence-corrected chi connectivity index (χ4v) is 5.14. The summed E-state index contributed by atoms with van der Waals surface area (Å²) in [6, 6.07) is 8.76. The summed E-state index contributed by atoms with van der Waals surface area (Å²) in [5.41, 5.74) is 0.508.